The number of amides is 1. The van der Waals surface area contributed by atoms with Gasteiger partial charge in [0.25, 0.3) is 5.91 Å². The van der Waals surface area contributed by atoms with Crippen molar-refractivity contribution in [2.45, 2.75) is 88.8 Å². The van der Waals surface area contributed by atoms with Gasteiger partial charge in [0.1, 0.15) is 0 Å². The zero-order valence-electron chi connectivity index (χ0n) is 21.2. The number of benzene rings is 2. The van der Waals surface area contributed by atoms with Gasteiger partial charge < -0.3 is 14.9 Å². The summed E-state index contributed by atoms with van der Waals surface area (Å²) in [7, 11) is 2.11. The molecule has 1 amide bonds. The Morgan fingerprint density at radius 2 is 1.51 bits per heavy atom. The molecule has 2 saturated carbocycles. The highest BCUT2D eigenvalue weighted by Crippen LogP contribution is 2.38. The van der Waals surface area contributed by atoms with Gasteiger partial charge in [-0.3, -0.25) is 4.79 Å². The Labute approximate surface area is 216 Å². The second-order valence-electron chi connectivity index (χ2n) is 10.6. The maximum atomic E-state index is 13.7. The molecule has 0 atom stereocenters. The van der Waals surface area contributed by atoms with Crippen LogP contribution in [-0.2, 0) is 6.54 Å². The zero-order valence-corrected chi connectivity index (χ0v) is 21.9. The Hall–Kier alpha value is -1.88. The van der Waals surface area contributed by atoms with E-state index in [-0.39, 0.29) is 12.5 Å². The highest BCUT2D eigenvalue weighted by molar-refractivity contribution is 6.30. The summed E-state index contributed by atoms with van der Waals surface area (Å²) >= 11 is 6.09. The highest BCUT2D eigenvalue weighted by Gasteiger charge is 2.35. The molecule has 5 heteroatoms. The quantitative estimate of drug-likeness (QED) is 0.422. The number of carbonyl (C=O) groups excluding carboxylic acids is 1. The third-order valence-electron chi connectivity index (χ3n) is 7.99. The van der Waals surface area contributed by atoms with E-state index < -0.39 is 0 Å². The summed E-state index contributed by atoms with van der Waals surface area (Å²) in [5.74, 6) is 0.762. The smallest absolute Gasteiger partial charge is 0.254 e. The normalized spacial score (nSPS) is 21.3. The Bertz CT molecular complexity index is 916. The van der Waals surface area contributed by atoms with Crippen LogP contribution in [0.3, 0.4) is 0 Å². The van der Waals surface area contributed by atoms with Crippen LogP contribution in [0.25, 0.3) is 0 Å². The summed E-state index contributed by atoms with van der Waals surface area (Å²) in [5, 5.41) is 9.71. The monoisotopic (exact) mass is 496 g/mol. The fourth-order valence-corrected chi connectivity index (χ4v) is 6.17. The Morgan fingerprint density at radius 1 is 0.886 bits per heavy atom. The first-order valence-corrected chi connectivity index (χ1v) is 13.9. The molecule has 2 aliphatic carbocycles. The minimum atomic E-state index is 0.187. The fraction of sp³-hybridized carbons (Fsp3) is 0.567. The van der Waals surface area contributed by atoms with Crippen molar-refractivity contribution in [1.82, 2.24) is 9.80 Å². The van der Waals surface area contributed by atoms with Crippen LogP contribution in [-0.4, -0.2) is 53.1 Å². The molecule has 4 nitrogen and oxygen atoms in total. The van der Waals surface area contributed by atoms with Crippen LogP contribution in [0, 0.1) is 0 Å². The van der Waals surface area contributed by atoms with E-state index in [2.05, 4.69) is 41.1 Å². The lowest BCUT2D eigenvalue weighted by atomic mass is 9.80. The topological polar surface area (TPSA) is 43.8 Å². The summed E-state index contributed by atoms with van der Waals surface area (Å²) in [5.41, 5.74) is 3.51. The highest BCUT2D eigenvalue weighted by atomic mass is 35.5. The van der Waals surface area contributed by atoms with Crippen molar-refractivity contribution in [2.24, 2.45) is 0 Å². The predicted molar refractivity (Wildman–Crippen MR) is 144 cm³/mol. The van der Waals surface area contributed by atoms with Crippen molar-refractivity contribution in [3.63, 3.8) is 0 Å². The lowest BCUT2D eigenvalue weighted by Crippen LogP contribution is -2.49. The minimum absolute atomic E-state index is 0.187. The first-order valence-electron chi connectivity index (χ1n) is 13.5. The van der Waals surface area contributed by atoms with Gasteiger partial charge in [0, 0.05) is 42.4 Å². The van der Waals surface area contributed by atoms with Crippen LogP contribution in [0.1, 0.15) is 91.6 Å². The number of halogens is 1. The van der Waals surface area contributed by atoms with Gasteiger partial charge >= 0.3 is 0 Å². The largest absolute Gasteiger partial charge is 0.396 e. The molecule has 190 valence electrons. The molecule has 2 aromatic carbocycles. The van der Waals surface area contributed by atoms with E-state index in [0.29, 0.717) is 23.0 Å². The molecule has 0 spiro atoms. The molecule has 0 aromatic heterocycles. The molecule has 2 fully saturated rings. The van der Waals surface area contributed by atoms with E-state index in [0.717, 1.165) is 63.6 Å². The van der Waals surface area contributed by atoms with Gasteiger partial charge in [-0.1, -0.05) is 55.1 Å². The van der Waals surface area contributed by atoms with Gasteiger partial charge in [0.05, 0.1) is 0 Å². The summed E-state index contributed by atoms with van der Waals surface area (Å²) in [6.07, 6.45) is 11.3. The lowest BCUT2D eigenvalue weighted by molar-refractivity contribution is 0.0437. The summed E-state index contributed by atoms with van der Waals surface area (Å²) in [6, 6.07) is 17.3. The van der Waals surface area contributed by atoms with E-state index >= 15 is 0 Å². The number of hydrogen-bond acceptors (Lipinski definition) is 3. The third-order valence-corrected chi connectivity index (χ3v) is 8.24. The third kappa shape index (κ3) is 7.09. The van der Waals surface area contributed by atoms with E-state index in [9.17, 15) is 4.79 Å². The molecule has 0 aliphatic heterocycles. The molecule has 35 heavy (non-hydrogen) atoms. The zero-order chi connectivity index (χ0) is 24.6. The summed E-state index contributed by atoms with van der Waals surface area (Å²) in [6.45, 7) is 2.07. The standard InChI is InChI=1S/C30H41ClN2O2/c1-32(20-5-21-34)22-23-8-10-24(11-9-23)25-14-18-29(19-15-25)33(28-6-3-2-4-7-28)30(35)26-12-16-27(31)17-13-26/h8-13,16-17,25,28-29,34H,2-7,14-15,18-22H2,1H3/t25-,29-. The average Bonchev–Trinajstić information content (AvgIpc) is 2.89. The predicted octanol–water partition coefficient (Wildman–Crippen LogP) is 6.66. The van der Waals surface area contributed by atoms with Crippen LogP contribution in [0.5, 0.6) is 0 Å². The maximum Gasteiger partial charge on any atom is 0.254 e. The van der Waals surface area contributed by atoms with E-state index in [1.54, 1.807) is 0 Å². The van der Waals surface area contributed by atoms with E-state index in [1.165, 1.54) is 30.4 Å². The number of carbonyl (C=O) groups is 1. The van der Waals surface area contributed by atoms with Gasteiger partial charge in [-0.05, 0) is 93.3 Å². The Kier molecular flexibility index (Phi) is 9.65. The molecular formula is C30H41ClN2O2. The molecule has 1 N–H and O–H groups in total. The molecule has 0 heterocycles. The van der Waals surface area contributed by atoms with E-state index in [4.69, 9.17) is 16.7 Å². The van der Waals surface area contributed by atoms with Crippen molar-refractivity contribution < 1.29 is 9.90 Å². The molecule has 4 rings (SSSR count). The number of rotatable bonds is 9. The number of aliphatic hydroxyl groups excluding tert-OH is 1. The minimum Gasteiger partial charge on any atom is -0.396 e. The van der Waals surface area contributed by atoms with Crippen LogP contribution < -0.4 is 0 Å². The van der Waals surface area contributed by atoms with Gasteiger partial charge in [-0.2, -0.15) is 0 Å². The first kappa shape index (κ1) is 26.2. The number of aliphatic hydroxyl groups is 1. The maximum absolute atomic E-state index is 13.7. The van der Waals surface area contributed by atoms with Gasteiger partial charge in [-0.25, -0.2) is 0 Å². The van der Waals surface area contributed by atoms with Crippen LogP contribution in [0.2, 0.25) is 5.02 Å². The van der Waals surface area contributed by atoms with E-state index in [1.807, 2.05) is 24.3 Å². The average molecular weight is 497 g/mol. The fourth-order valence-electron chi connectivity index (χ4n) is 6.04. The molecule has 0 saturated heterocycles. The number of hydrogen-bond donors (Lipinski definition) is 1. The summed E-state index contributed by atoms with van der Waals surface area (Å²) in [4.78, 5) is 18.2. The Balaban J connectivity index is 1.39. The van der Waals surface area contributed by atoms with Gasteiger partial charge in [0.2, 0.25) is 0 Å². The van der Waals surface area contributed by atoms with Crippen LogP contribution in [0.15, 0.2) is 48.5 Å². The number of nitrogens with zero attached hydrogens (tertiary/aromatic N) is 2. The van der Waals surface area contributed by atoms with Crippen molar-refractivity contribution in [3.8, 4) is 0 Å². The Morgan fingerprint density at radius 3 is 2.14 bits per heavy atom. The van der Waals surface area contributed by atoms with Gasteiger partial charge in [-0.15, -0.1) is 0 Å². The molecule has 0 bridgehead atoms. The van der Waals surface area contributed by atoms with Crippen LogP contribution >= 0.6 is 11.6 Å². The first-order chi connectivity index (χ1) is 17.0. The van der Waals surface area contributed by atoms with Crippen molar-refractivity contribution in [1.29, 1.82) is 0 Å². The molecule has 0 unspecified atom stereocenters. The van der Waals surface area contributed by atoms with Crippen molar-refractivity contribution >= 4 is 17.5 Å². The second-order valence-corrected chi connectivity index (χ2v) is 11.0. The second kappa shape index (κ2) is 12.9. The van der Waals surface area contributed by atoms with Gasteiger partial charge in [0.15, 0.2) is 0 Å². The molecule has 2 aliphatic rings. The SMILES string of the molecule is CN(CCCO)Cc1ccc([C@H]2CC[C@H](N(C(=O)c3ccc(Cl)cc3)C3CCCCC3)CC2)cc1. The molecule has 0 radical (unpaired) electrons. The van der Waals surface area contributed by atoms with Crippen LogP contribution in [0.4, 0.5) is 0 Å². The summed E-state index contributed by atoms with van der Waals surface area (Å²) < 4.78 is 0. The lowest BCUT2D eigenvalue weighted by Gasteiger charge is -2.43. The molecule has 2 aromatic rings. The van der Waals surface area contributed by atoms with Crippen molar-refractivity contribution in [3.05, 3.63) is 70.2 Å². The van der Waals surface area contributed by atoms with Crippen molar-refractivity contribution in [2.75, 3.05) is 20.2 Å². The molecular weight excluding hydrogens is 456 g/mol.